The lowest BCUT2D eigenvalue weighted by Gasteiger charge is -2.38. The lowest BCUT2D eigenvalue weighted by atomic mass is 9.82. The molecule has 0 unspecified atom stereocenters. The largest absolute Gasteiger partial charge is 0.453 e. The highest BCUT2D eigenvalue weighted by Crippen LogP contribution is 2.60. The normalized spacial score (nSPS) is 13.5. The highest BCUT2D eigenvalue weighted by molar-refractivity contribution is 6.12. The standard InChI is InChI=1S/C54H35N5O2.CH4/c1-54(2)40-20-10-9-19-36(40)37-30-39-38-27-34(35-28-48-50-49(29-35)61-47-24-14-12-22-44(47)58(50)43-21-11-13-23-46(43)60-48)25-26-42(38)59(45(39)31-41(37)54)53-56-51(32-15-5-3-6-16-32)55-52(57-53)33-17-7-4-8-18-33;/h3-31H,1-2H3;1H4. The fourth-order valence-corrected chi connectivity index (χ4v) is 9.69. The van der Waals surface area contributed by atoms with Crippen LogP contribution in [0.3, 0.4) is 0 Å². The van der Waals surface area contributed by atoms with Gasteiger partial charge in [-0.05, 0) is 94.0 Å². The molecular formula is C55H39N5O2. The summed E-state index contributed by atoms with van der Waals surface area (Å²) < 4.78 is 15.6. The highest BCUT2D eigenvalue weighted by Gasteiger charge is 2.37. The Balaban J connectivity index is 0.00000410. The Kier molecular flexibility index (Phi) is 7.66. The predicted molar refractivity (Wildman–Crippen MR) is 250 cm³/mol. The zero-order valence-electron chi connectivity index (χ0n) is 33.3. The fourth-order valence-electron chi connectivity index (χ4n) is 9.69. The van der Waals surface area contributed by atoms with Crippen LogP contribution < -0.4 is 14.4 Å². The van der Waals surface area contributed by atoms with E-state index in [1.54, 1.807) is 0 Å². The second-order valence-corrected chi connectivity index (χ2v) is 16.5. The van der Waals surface area contributed by atoms with Crippen molar-refractivity contribution in [1.29, 1.82) is 0 Å². The van der Waals surface area contributed by atoms with Gasteiger partial charge in [-0.2, -0.15) is 9.97 Å². The molecule has 8 aromatic carbocycles. The first-order valence-corrected chi connectivity index (χ1v) is 20.6. The Morgan fingerprint density at radius 1 is 0.435 bits per heavy atom. The third-order valence-electron chi connectivity index (χ3n) is 12.6. The predicted octanol–water partition coefficient (Wildman–Crippen LogP) is 14.6. The molecule has 62 heavy (non-hydrogen) atoms. The molecule has 0 fully saturated rings. The first kappa shape index (κ1) is 35.9. The van der Waals surface area contributed by atoms with Gasteiger partial charge in [0.2, 0.25) is 5.95 Å². The zero-order valence-corrected chi connectivity index (χ0v) is 33.3. The van der Waals surface area contributed by atoms with Crippen molar-refractivity contribution < 1.29 is 9.47 Å². The number of anilines is 3. The molecule has 4 heterocycles. The van der Waals surface area contributed by atoms with Crippen LogP contribution in [0.5, 0.6) is 23.0 Å². The van der Waals surface area contributed by atoms with E-state index in [4.69, 9.17) is 24.4 Å². The van der Waals surface area contributed by atoms with Crippen molar-refractivity contribution in [3.63, 3.8) is 0 Å². The third-order valence-corrected chi connectivity index (χ3v) is 12.6. The molecular weight excluding hydrogens is 763 g/mol. The minimum atomic E-state index is -0.203. The summed E-state index contributed by atoms with van der Waals surface area (Å²) in [6.45, 7) is 4.65. The van der Waals surface area contributed by atoms with Crippen LogP contribution in [0.15, 0.2) is 176 Å². The van der Waals surface area contributed by atoms with E-state index in [1.165, 1.54) is 22.3 Å². The van der Waals surface area contributed by atoms with Gasteiger partial charge in [-0.25, -0.2) is 4.98 Å². The van der Waals surface area contributed by atoms with Crippen LogP contribution in [0.1, 0.15) is 32.4 Å². The van der Waals surface area contributed by atoms with E-state index in [-0.39, 0.29) is 12.8 Å². The van der Waals surface area contributed by atoms with Gasteiger partial charge in [0.15, 0.2) is 34.6 Å². The van der Waals surface area contributed by atoms with Gasteiger partial charge in [0.05, 0.1) is 22.4 Å². The van der Waals surface area contributed by atoms with Crippen LogP contribution in [-0.4, -0.2) is 19.5 Å². The molecule has 3 aliphatic rings. The van der Waals surface area contributed by atoms with E-state index in [1.807, 2.05) is 97.1 Å². The van der Waals surface area contributed by atoms with Gasteiger partial charge in [0.25, 0.3) is 0 Å². The number of aromatic nitrogens is 4. The molecule has 0 amide bonds. The minimum Gasteiger partial charge on any atom is -0.453 e. The molecule has 0 radical (unpaired) electrons. The molecule has 2 aromatic heterocycles. The molecule has 7 heteroatoms. The quantitative estimate of drug-likeness (QED) is 0.177. The molecule has 0 saturated heterocycles. The summed E-state index contributed by atoms with van der Waals surface area (Å²) in [6.07, 6.45) is 0. The smallest absolute Gasteiger partial charge is 0.238 e. The van der Waals surface area contributed by atoms with E-state index in [0.29, 0.717) is 17.6 Å². The first-order chi connectivity index (χ1) is 30.0. The molecule has 13 rings (SSSR count). The highest BCUT2D eigenvalue weighted by atomic mass is 16.5. The number of benzene rings is 8. The Bertz CT molecular complexity index is 3340. The number of hydrogen-bond acceptors (Lipinski definition) is 6. The van der Waals surface area contributed by atoms with Gasteiger partial charge in [-0.1, -0.05) is 137 Å². The van der Waals surface area contributed by atoms with E-state index >= 15 is 0 Å². The molecule has 1 aliphatic carbocycles. The van der Waals surface area contributed by atoms with Gasteiger partial charge in [-0.3, -0.25) is 9.47 Å². The number of nitrogens with zero attached hydrogens (tertiary/aromatic N) is 5. The molecule has 0 atom stereocenters. The van der Waals surface area contributed by atoms with Crippen LogP contribution in [0.25, 0.3) is 72.8 Å². The topological polar surface area (TPSA) is 65.3 Å². The fraction of sp³-hybridized carbons (Fsp3) is 0.0727. The van der Waals surface area contributed by atoms with Gasteiger partial charge in [-0.15, -0.1) is 0 Å². The van der Waals surface area contributed by atoms with Crippen LogP contribution in [-0.2, 0) is 5.41 Å². The summed E-state index contributed by atoms with van der Waals surface area (Å²) in [6, 6.07) is 61.2. The SMILES string of the molecule is C.CC1(C)c2ccccc2-c2cc3c4cc(-c5cc6c7c(c5)Oc5ccccc5N7c5ccccc5O6)ccc4n(-c4nc(-c5ccccc5)nc(-c5ccccc5)n4)c3cc21. The van der Waals surface area contributed by atoms with Crippen molar-refractivity contribution in [2.45, 2.75) is 26.7 Å². The number of fused-ring (bicyclic) bond motifs is 10. The Labute approximate surface area is 359 Å². The Morgan fingerprint density at radius 3 is 1.65 bits per heavy atom. The number of hydrogen-bond donors (Lipinski definition) is 0. The molecule has 10 aromatic rings. The maximum Gasteiger partial charge on any atom is 0.238 e. The van der Waals surface area contributed by atoms with E-state index < -0.39 is 0 Å². The van der Waals surface area contributed by atoms with Crippen molar-refractivity contribution in [2.75, 3.05) is 4.90 Å². The second-order valence-electron chi connectivity index (χ2n) is 16.5. The van der Waals surface area contributed by atoms with E-state index in [9.17, 15) is 0 Å². The number of para-hydroxylation sites is 4. The number of rotatable bonds is 4. The molecule has 296 valence electrons. The Morgan fingerprint density at radius 2 is 1.00 bits per heavy atom. The third kappa shape index (κ3) is 5.15. The van der Waals surface area contributed by atoms with Crippen molar-refractivity contribution in [3.8, 4) is 74.0 Å². The maximum atomic E-state index is 6.67. The average Bonchev–Trinajstić information content (AvgIpc) is 3.75. The second kappa shape index (κ2) is 13.2. The van der Waals surface area contributed by atoms with Crippen molar-refractivity contribution in [2.24, 2.45) is 0 Å². The summed E-state index contributed by atoms with van der Waals surface area (Å²) in [5, 5.41) is 2.21. The molecule has 0 saturated carbocycles. The van der Waals surface area contributed by atoms with Gasteiger partial charge >= 0.3 is 0 Å². The number of ether oxygens (including phenoxy) is 2. The average molecular weight is 802 g/mol. The van der Waals surface area contributed by atoms with Gasteiger partial charge < -0.3 is 9.47 Å². The van der Waals surface area contributed by atoms with Crippen molar-refractivity contribution >= 4 is 38.9 Å². The lowest BCUT2D eigenvalue weighted by Crippen LogP contribution is -2.20. The molecule has 0 N–H and O–H groups in total. The van der Waals surface area contributed by atoms with E-state index in [0.717, 1.165) is 84.1 Å². The summed E-state index contributed by atoms with van der Waals surface area (Å²) >= 11 is 0. The van der Waals surface area contributed by atoms with Crippen molar-refractivity contribution in [3.05, 3.63) is 187 Å². The van der Waals surface area contributed by atoms with E-state index in [2.05, 4.69) is 102 Å². The summed E-state index contributed by atoms with van der Waals surface area (Å²) in [4.78, 5) is 17.8. The molecule has 7 nitrogen and oxygen atoms in total. The summed E-state index contributed by atoms with van der Waals surface area (Å²) in [5.74, 6) is 4.88. The molecule has 2 aliphatic heterocycles. The van der Waals surface area contributed by atoms with Crippen LogP contribution in [0.4, 0.5) is 17.1 Å². The van der Waals surface area contributed by atoms with Crippen LogP contribution in [0.2, 0.25) is 0 Å². The molecule has 0 bridgehead atoms. The first-order valence-electron chi connectivity index (χ1n) is 20.6. The van der Waals surface area contributed by atoms with Gasteiger partial charge in [0, 0.05) is 27.3 Å². The summed E-state index contributed by atoms with van der Waals surface area (Å²) in [5.41, 5.74) is 13.7. The Hall–Kier alpha value is -8.03. The maximum absolute atomic E-state index is 6.67. The van der Waals surface area contributed by atoms with Crippen molar-refractivity contribution in [1.82, 2.24) is 19.5 Å². The summed E-state index contributed by atoms with van der Waals surface area (Å²) in [7, 11) is 0. The van der Waals surface area contributed by atoms with Crippen LogP contribution in [0, 0.1) is 0 Å². The zero-order chi connectivity index (χ0) is 40.4. The van der Waals surface area contributed by atoms with Gasteiger partial charge in [0.1, 0.15) is 5.69 Å². The molecule has 0 spiro atoms. The monoisotopic (exact) mass is 801 g/mol. The van der Waals surface area contributed by atoms with Crippen LogP contribution >= 0.6 is 0 Å². The minimum absolute atomic E-state index is 0. The lowest BCUT2D eigenvalue weighted by molar-refractivity contribution is 0.446.